The summed E-state index contributed by atoms with van der Waals surface area (Å²) in [4.78, 5) is 10.4. The molecular formula is C14H22N2O2. The van der Waals surface area contributed by atoms with Crippen LogP contribution in [0.3, 0.4) is 0 Å². The summed E-state index contributed by atoms with van der Waals surface area (Å²) in [5.74, 6) is 0. The van der Waals surface area contributed by atoms with E-state index in [1.165, 1.54) is 6.07 Å². The van der Waals surface area contributed by atoms with E-state index in [0.717, 1.165) is 31.2 Å². The highest BCUT2D eigenvalue weighted by Crippen LogP contribution is 2.23. The molecule has 0 heterocycles. The number of unbranched alkanes of at least 4 members (excludes halogenated alkanes) is 1. The predicted octanol–water partition coefficient (Wildman–Crippen LogP) is 3.44. The average molecular weight is 250 g/mol. The number of hydrogen-bond acceptors (Lipinski definition) is 3. The Morgan fingerprint density at radius 1 is 1.39 bits per heavy atom. The van der Waals surface area contributed by atoms with Gasteiger partial charge in [0.15, 0.2) is 0 Å². The highest BCUT2D eigenvalue weighted by Gasteiger charge is 2.23. The number of nitro benzene ring substituents is 1. The molecule has 2 N–H and O–H groups in total. The molecule has 0 aliphatic heterocycles. The third-order valence-corrected chi connectivity index (χ3v) is 3.41. The highest BCUT2D eigenvalue weighted by molar-refractivity contribution is 5.35. The number of benzene rings is 1. The molecule has 1 rings (SSSR count). The summed E-state index contributed by atoms with van der Waals surface area (Å²) in [6.07, 6.45) is 4.76. The summed E-state index contributed by atoms with van der Waals surface area (Å²) >= 11 is 0. The van der Waals surface area contributed by atoms with Gasteiger partial charge in [0.2, 0.25) is 0 Å². The van der Waals surface area contributed by atoms with Crippen molar-refractivity contribution in [3.05, 3.63) is 39.9 Å². The summed E-state index contributed by atoms with van der Waals surface area (Å²) in [7, 11) is 0. The van der Waals surface area contributed by atoms with Crippen LogP contribution in [0.2, 0.25) is 0 Å². The molecule has 4 heteroatoms. The quantitative estimate of drug-likeness (QED) is 0.595. The molecule has 0 amide bonds. The van der Waals surface area contributed by atoms with Gasteiger partial charge in [0.1, 0.15) is 0 Å². The maximum atomic E-state index is 10.7. The van der Waals surface area contributed by atoms with Crippen LogP contribution >= 0.6 is 0 Å². The van der Waals surface area contributed by atoms with Crippen LogP contribution in [0, 0.1) is 10.1 Å². The van der Waals surface area contributed by atoms with Crippen LogP contribution in [-0.4, -0.2) is 10.5 Å². The van der Waals surface area contributed by atoms with Crippen molar-refractivity contribution < 1.29 is 4.92 Å². The molecule has 1 unspecified atom stereocenters. The third-order valence-electron chi connectivity index (χ3n) is 3.41. The fraction of sp³-hybridized carbons (Fsp3) is 0.571. The Kier molecular flexibility index (Phi) is 5.28. The standard InChI is InChI=1S/C14H22N2O2/c1-3-5-9-14(15,4-2)11-12-7-6-8-13(10-12)16(17)18/h6-8,10H,3-5,9,11,15H2,1-2H3. The molecule has 0 aromatic heterocycles. The smallest absolute Gasteiger partial charge is 0.269 e. The molecule has 1 aromatic carbocycles. The first kappa shape index (κ1) is 14.6. The van der Waals surface area contributed by atoms with E-state index in [0.29, 0.717) is 6.42 Å². The van der Waals surface area contributed by atoms with Gasteiger partial charge >= 0.3 is 0 Å². The summed E-state index contributed by atoms with van der Waals surface area (Å²) in [5, 5.41) is 10.7. The first-order chi connectivity index (χ1) is 8.50. The molecule has 100 valence electrons. The van der Waals surface area contributed by atoms with Gasteiger partial charge in [-0.25, -0.2) is 0 Å². The van der Waals surface area contributed by atoms with Crippen LogP contribution in [0.4, 0.5) is 5.69 Å². The zero-order valence-electron chi connectivity index (χ0n) is 11.2. The van der Waals surface area contributed by atoms with Crippen LogP contribution in [0.15, 0.2) is 24.3 Å². The van der Waals surface area contributed by atoms with Crippen molar-refractivity contribution in [1.29, 1.82) is 0 Å². The van der Waals surface area contributed by atoms with Gasteiger partial charge in [-0.05, 0) is 24.8 Å². The van der Waals surface area contributed by atoms with Crippen molar-refractivity contribution in [2.75, 3.05) is 0 Å². The summed E-state index contributed by atoms with van der Waals surface area (Å²) in [6, 6.07) is 6.78. The molecule has 4 nitrogen and oxygen atoms in total. The number of hydrogen-bond donors (Lipinski definition) is 1. The van der Waals surface area contributed by atoms with Crippen molar-refractivity contribution in [3.63, 3.8) is 0 Å². The molecule has 0 radical (unpaired) electrons. The van der Waals surface area contributed by atoms with E-state index >= 15 is 0 Å². The fourth-order valence-corrected chi connectivity index (χ4v) is 2.11. The molecule has 1 aromatic rings. The topological polar surface area (TPSA) is 69.2 Å². The van der Waals surface area contributed by atoms with E-state index in [2.05, 4.69) is 13.8 Å². The Bertz CT molecular complexity index is 407. The summed E-state index contributed by atoms with van der Waals surface area (Å²) in [6.45, 7) is 4.22. The third kappa shape index (κ3) is 4.11. The first-order valence-electron chi connectivity index (χ1n) is 6.53. The minimum Gasteiger partial charge on any atom is -0.325 e. The van der Waals surface area contributed by atoms with Gasteiger partial charge in [0, 0.05) is 17.7 Å². The average Bonchev–Trinajstić information content (AvgIpc) is 2.36. The van der Waals surface area contributed by atoms with Crippen LogP contribution in [-0.2, 0) is 6.42 Å². The van der Waals surface area contributed by atoms with Gasteiger partial charge in [-0.3, -0.25) is 10.1 Å². The normalized spacial score (nSPS) is 14.2. The van der Waals surface area contributed by atoms with Crippen LogP contribution in [0.1, 0.15) is 45.1 Å². The second-order valence-corrected chi connectivity index (χ2v) is 4.92. The second kappa shape index (κ2) is 6.50. The zero-order valence-corrected chi connectivity index (χ0v) is 11.2. The molecule has 0 aliphatic carbocycles. The number of rotatable bonds is 7. The molecular weight excluding hydrogens is 228 g/mol. The lowest BCUT2D eigenvalue weighted by Gasteiger charge is -2.28. The van der Waals surface area contributed by atoms with E-state index in [9.17, 15) is 10.1 Å². The lowest BCUT2D eigenvalue weighted by atomic mass is 9.84. The van der Waals surface area contributed by atoms with Gasteiger partial charge in [-0.2, -0.15) is 0 Å². The Morgan fingerprint density at radius 3 is 2.67 bits per heavy atom. The van der Waals surface area contributed by atoms with E-state index in [1.54, 1.807) is 12.1 Å². The van der Waals surface area contributed by atoms with Crippen molar-refractivity contribution in [3.8, 4) is 0 Å². The molecule has 18 heavy (non-hydrogen) atoms. The lowest BCUT2D eigenvalue weighted by Crippen LogP contribution is -2.41. The Morgan fingerprint density at radius 2 is 2.11 bits per heavy atom. The number of nitro groups is 1. The van der Waals surface area contributed by atoms with Gasteiger partial charge in [0.05, 0.1) is 4.92 Å². The number of nitrogens with two attached hydrogens (primary N) is 1. The molecule has 0 fully saturated rings. The molecule has 0 saturated carbocycles. The maximum Gasteiger partial charge on any atom is 0.269 e. The fourth-order valence-electron chi connectivity index (χ4n) is 2.11. The minimum atomic E-state index is -0.361. The number of nitrogens with zero attached hydrogens (tertiary/aromatic N) is 1. The molecule has 0 spiro atoms. The molecule has 0 bridgehead atoms. The minimum absolute atomic E-state index is 0.140. The molecule has 0 saturated heterocycles. The van der Waals surface area contributed by atoms with Gasteiger partial charge < -0.3 is 5.73 Å². The number of non-ortho nitro benzene ring substituents is 1. The predicted molar refractivity (Wildman–Crippen MR) is 73.5 cm³/mol. The van der Waals surface area contributed by atoms with E-state index in [-0.39, 0.29) is 16.1 Å². The van der Waals surface area contributed by atoms with Crippen molar-refractivity contribution in [2.45, 2.75) is 51.5 Å². The zero-order chi connectivity index (χ0) is 13.6. The van der Waals surface area contributed by atoms with Crippen LogP contribution < -0.4 is 5.73 Å². The summed E-state index contributed by atoms with van der Waals surface area (Å²) in [5.41, 5.74) is 7.22. The Hall–Kier alpha value is -1.42. The van der Waals surface area contributed by atoms with E-state index in [4.69, 9.17) is 5.73 Å². The van der Waals surface area contributed by atoms with E-state index < -0.39 is 0 Å². The van der Waals surface area contributed by atoms with Crippen molar-refractivity contribution in [2.24, 2.45) is 5.73 Å². The van der Waals surface area contributed by atoms with E-state index in [1.807, 2.05) is 6.07 Å². The maximum absolute atomic E-state index is 10.7. The SMILES string of the molecule is CCCCC(N)(CC)Cc1cccc([N+](=O)[O-])c1. The molecule has 1 atom stereocenters. The first-order valence-corrected chi connectivity index (χ1v) is 6.53. The van der Waals surface area contributed by atoms with Gasteiger partial charge in [-0.1, -0.05) is 38.8 Å². The highest BCUT2D eigenvalue weighted by atomic mass is 16.6. The van der Waals surface area contributed by atoms with Crippen molar-refractivity contribution >= 4 is 5.69 Å². The summed E-state index contributed by atoms with van der Waals surface area (Å²) < 4.78 is 0. The molecule has 0 aliphatic rings. The Labute approximate surface area is 108 Å². The van der Waals surface area contributed by atoms with Gasteiger partial charge in [0.25, 0.3) is 5.69 Å². The largest absolute Gasteiger partial charge is 0.325 e. The monoisotopic (exact) mass is 250 g/mol. The lowest BCUT2D eigenvalue weighted by molar-refractivity contribution is -0.384. The van der Waals surface area contributed by atoms with Crippen LogP contribution in [0.5, 0.6) is 0 Å². The van der Waals surface area contributed by atoms with Gasteiger partial charge in [-0.15, -0.1) is 0 Å². The second-order valence-electron chi connectivity index (χ2n) is 4.92. The Balaban J connectivity index is 2.81. The van der Waals surface area contributed by atoms with Crippen LogP contribution in [0.25, 0.3) is 0 Å². The van der Waals surface area contributed by atoms with Crippen molar-refractivity contribution in [1.82, 2.24) is 0 Å².